The molecule has 24 heavy (non-hydrogen) atoms. The van der Waals surface area contributed by atoms with Crippen molar-refractivity contribution in [3.63, 3.8) is 0 Å². The normalized spacial score (nSPS) is 10.3. The summed E-state index contributed by atoms with van der Waals surface area (Å²) in [6.07, 6.45) is 0. The zero-order chi connectivity index (χ0) is 17.5. The topological polar surface area (TPSA) is 58.6 Å². The number of rotatable bonds is 6. The Bertz CT molecular complexity index is 682. The Morgan fingerprint density at radius 2 is 1.58 bits per heavy atom. The van der Waals surface area contributed by atoms with E-state index in [1.54, 1.807) is 24.3 Å². The molecule has 2 aromatic rings. The van der Waals surface area contributed by atoms with Crippen LogP contribution in [-0.4, -0.2) is 24.4 Å². The molecule has 0 unspecified atom stereocenters. The van der Waals surface area contributed by atoms with Crippen molar-refractivity contribution in [1.82, 2.24) is 5.32 Å². The first-order valence-electron chi connectivity index (χ1n) is 7.86. The Kier molecular flexibility index (Phi) is 5.95. The standard InChI is InChI=1S/C19H22N2O3/c1-14(2)20-19(23)13-21(15(3)22)16-9-11-18(12-10-16)24-17-7-5-4-6-8-17/h4-12,14H,13H2,1-3H3,(H,20,23). The molecular weight excluding hydrogens is 304 g/mol. The molecule has 0 saturated heterocycles. The van der Waals surface area contributed by atoms with Crippen molar-refractivity contribution in [3.8, 4) is 11.5 Å². The van der Waals surface area contributed by atoms with E-state index in [9.17, 15) is 9.59 Å². The van der Waals surface area contributed by atoms with Crippen LogP contribution in [-0.2, 0) is 9.59 Å². The Hall–Kier alpha value is -2.82. The highest BCUT2D eigenvalue weighted by atomic mass is 16.5. The first kappa shape index (κ1) is 17.5. The molecule has 0 aliphatic carbocycles. The molecule has 2 rings (SSSR count). The van der Waals surface area contributed by atoms with Crippen LogP contribution in [0.1, 0.15) is 20.8 Å². The predicted octanol–water partition coefficient (Wildman–Crippen LogP) is 3.36. The van der Waals surface area contributed by atoms with Crippen LogP contribution in [0.25, 0.3) is 0 Å². The van der Waals surface area contributed by atoms with E-state index in [-0.39, 0.29) is 24.4 Å². The van der Waals surface area contributed by atoms with Gasteiger partial charge in [0.25, 0.3) is 0 Å². The van der Waals surface area contributed by atoms with E-state index in [2.05, 4.69) is 5.32 Å². The van der Waals surface area contributed by atoms with Gasteiger partial charge in [0.05, 0.1) is 0 Å². The monoisotopic (exact) mass is 326 g/mol. The van der Waals surface area contributed by atoms with E-state index in [1.165, 1.54) is 11.8 Å². The average Bonchev–Trinajstić information content (AvgIpc) is 2.53. The molecule has 0 fully saturated rings. The summed E-state index contributed by atoms with van der Waals surface area (Å²) >= 11 is 0. The number of ether oxygens (including phenoxy) is 1. The molecule has 5 nitrogen and oxygen atoms in total. The van der Waals surface area contributed by atoms with Crippen LogP contribution in [0.4, 0.5) is 5.69 Å². The molecule has 0 saturated carbocycles. The second-order valence-electron chi connectivity index (χ2n) is 5.74. The molecule has 5 heteroatoms. The Labute approximate surface area is 142 Å². The summed E-state index contributed by atoms with van der Waals surface area (Å²) in [5.74, 6) is 1.03. The number of benzene rings is 2. The van der Waals surface area contributed by atoms with Crippen molar-refractivity contribution in [2.24, 2.45) is 0 Å². The zero-order valence-corrected chi connectivity index (χ0v) is 14.2. The quantitative estimate of drug-likeness (QED) is 0.885. The van der Waals surface area contributed by atoms with Crippen LogP contribution in [0.5, 0.6) is 11.5 Å². The highest BCUT2D eigenvalue weighted by molar-refractivity contribution is 5.97. The zero-order valence-electron chi connectivity index (χ0n) is 14.2. The minimum atomic E-state index is -0.190. The summed E-state index contributed by atoms with van der Waals surface area (Å²) in [6.45, 7) is 5.20. The average molecular weight is 326 g/mol. The van der Waals surface area contributed by atoms with Gasteiger partial charge in [-0.15, -0.1) is 0 Å². The van der Waals surface area contributed by atoms with Crippen molar-refractivity contribution in [1.29, 1.82) is 0 Å². The summed E-state index contributed by atoms with van der Waals surface area (Å²) < 4.78 is 5.72. The van der Waals surface area contributed by atoms with E-state index in [0.717, 1.165) is 5.75 Å². The highest BCUT2D eigenvalue weighted by Crippen LogP contribution is 2.24. The minimum absolute atomic E-state index is 0.00754. The van der Waals surface area contributed by atoms with E-state index < -0.39 is 0 Å². The predicted molar refractivity (Wildman–Crippen MR) is 94.3 cm³/mol. The van der Waals surface area contributed by atoms with Gasteiger partial charge in [-0.2, -0.15) is 0 Å². The van der Waals surface area contributed by atoms with E-state index >= 15 is 0 Å². The fraction of sp³-hybridized carbons (Fsp3) is 0.263. The summed E-state index contributed by atoms with van der Waals surface area (Å²) in [6, 6.07) is 16.6. The maximum atomic E-state index is 11.9. The summed E-state index contributed by atoms with van der Waals surface area (Å²) in [5, 5.41) is 2.78. The van der Waals surface area contributed by atoms with E-state index in [4.69, 9.17) is 4.74 Å². The number of carbonyl (C=O) groups is 2. The molecule has 0 spiro atoms. The number of amides is 2. The van der Waals surface area contributed by atoms with Gasteiger partial charge >= 0.3 is 0 Å². The third-order valence-corrected chi connectivity index (χ3v) is 3.26. The highest BCUT2D eigenvalue weighted by Gasteiger charge is 2.16. The first-order chi connectivity index (χ1) is 11.5. The lowest BCUT2D eigenvalue weighted by atomic mass is 10.2. The largest absolute Gasteiger partial charge is 0.457 e. The smallest absolute Gasteiger partial charge is 0.240 e. The van der Waals surface area contributed by atoms with Crippen molar-refractivity contribution < 1.29 is 14.3 Å². The lowest BCUT2D eigenvalue weighted by molar-refractivity contribution is -0.123. The molecule has 126 valence electrons. The summed E-state index contributed by atoms with van der Waals surface area (Å²) in [5.41, 5.74) is 0.654. The molecular formula is C19H22N2O3. The second kappa shape index (κ2) is 8.15. The molecule has 0 bridgehead atoms. The van der Waals surface area contributed by atoms with Crippen LogP contribution < -0.4 is 15.0 Å². The molecule has 0 radical (unpaired) electrons. The summed E-state index contributed by atoms with van der Waals surface area (Å²) in [4.78, 5) is 25.2. The lowest BCUT2D eigenvalue weighted by Gasteiger charge is -2.21. The van der Waals surface area contributed by atoms with Gasteiger partial charge in [0, 0.05) is 18.7 Å². The fourth-order valence-electron chi connectivity index (χ4n) is 2.21. The van der Waals surface area contributed by atoms with Gasteiger partial charge in [-0.25, -0.2) is 0 Å². The van der Waals surface area contributed by atoms with Gasteiger partial charge in [-0.05, 0) is 50.2 Å². The van der Waals surface area contributed by atoms with E-state index in [0.29, 0.717) is 11.4 Å². The van der Waals surface area contributed by atoms with Crippen molar-refractivity contribution in [2.75, 3.05) is 11.4 Å². The number of nitrogens with zero attached hydrogens (tertiary/aromatic N) is 1. The molecule has 2 amide bonds. The van der Waals surface area contributed by atoms with E-state index in [1.807, 2.05) is 44.2 Å². The Balaban J connectivity index is 2.08. The minimum Gasteiger partial charge on any atom is -0.457 e. The molecule has 0 aliphatic heterocycles. The second-order valence-corrected chi connectivity index (χ2v) is 5.74. The number of carbonyl (C=O) groups excluding carboxylic acids is 2. The third kappa shape index (κ3) is 5.12. The SMILES string of the molecule is CC(=O)N(CC(=O)NC(C)C)c1ccc(Oc2ccccc2)cc1. The van der Waals surface area contributed by atoms with Crippen LogP contribution in [0.2, 0.25) is 0 Å². The number of anilines is 1. The van der Waals surface area contributed by atoms with Gasteiger partial charge in [-0.1, -0.05) is 18.2 Å². The van der Waals surface area contributed by atoms with Crippen molar-refractivity contribution >= 4 is 17.5 Å². The van der Waals surface area contributed by atoms with Gasteiger partial charge < -0.3 is 15.0 Å². The molecule has 0 aromatic heterocycles. The number of nitrogens with one attached hydrogen (secondary N) is 1. The van der Waals surface area contributed by atoms with Gasteiger partial charge in [0.1, 0.15) is 18.0 Å². The fourth-order valence-corrected chi connectivity index (χ4v) is 2.21. The van der Waals surface area contributed by atoms with Crippen LogP contribution >= 0.6 is 0 Å². The van der Waals surface area contributed by atoms with Crippen molar-refractivity contribution in [3.05, 3.63) is 54.6 Å². The molecule has 0 atom stereocenters. The van der Waals surface area contributed by atoms with Crippen molar-refractivity contribution in [2.45, 2.75) is 26.8 Å². The number of hydrogen-bond acceptors (Lipinski definition) is 3. The molecule has 0 aliphatic rings. The lowest BCUT2D eigenvalue weighted by Crippen LogP contribution is -2.42. The summed E-state index contributed by atoms with van der Waals surface area (Å²) in [7, 11) is 0. The maximum Gasteiger partial charge on any atom is 0.240 e. The Morgan fingerprint density at radius 3 is 2.12 bits per heavy atom. The molecule has 0 heterocycles. The van der Waals surface area contributed by atoms with Gasteiger partial charge in [0.2, 0.25) is 11.8 Å². The van der Waals surface area contributed by atoms with Crippen LogP contribution in [0.15, 0.2) is 54.6 Å². The molecule has 1 N–H and O–H groups in total. The Morgan fingerprint density at radius 1 is 1.00 bits per heavy atom. The van der Waals surface area contributed by atoms with Crippen LogP contribution in [0, 0.1) is 0 Å². The van der Waals surface area contributed by atoms with Crippen LogP contribution in [0.3, 0.4) is 0 Å². The molecule has 2 aromatic carbocycles. The third-order valence-electron chi connectivity index (χ3n) is 3.26. The maximum absolute atomic E-state index is 11.9. The van der Waals surface area contributed by atoms with Gasteiger partial charge in [0.15, 0.2) is 0 Å². The first-order valence-corrected chi connectivity index (χ1v) is 7.86. The number of hydrogen-bond donors (Lipinski definition) is 1. The van der Waals surface area contributed by atoms with Gasteiger partial charge in [-0.3, -0.25) is 9.59 Å². The number of para-hydroxylation sites is 1.